The van der Waals surface area contributed by atoms with Crippen LogP contribution in [0.3, 0.4) is 0 Å². The summed E-state index contributed by atoms with van der Waals surface area (Å²) in [4.78, 5) is 13.7. The van der Waals surface area contributed by atoms with Crippen molar-refractivity contribution in [2.75, 3.05) is 0 Å². The maximum Gasteiger partial charge on any atom is 0.344 e. The van der Waals surface area contributed by atoms with E-state index < -0.39 is 5.97 Å². The summed E-state index contributed by atoms with van der Waals surface area (Å²) in [7, 11) is 0. The fourth-order valence-corrected chi connectivity index (χ4v) is 2.15. The van der Waals surface area contributed by atoms with Crippen molar-refractivity contribution in [3.05, 3.63) is 82.1 Å². The predicted molar refractivity (Wildman–Crippen MR) is 94.7 cm³/mol. The Balaban J connectivity index is 1.98. The zero-order valence-electron chi connectivity index (χ0n) is 13.7. The van der Waals surface area contributed by atoms with Crippen LogP contribution in [-0.4, -0.2) is 27.0 Å². The lowest BCUT2D eigenvalue weighted by Gasteiger charge is -2.08. The lowest BCUT2D eigenvalue weighted by Crippen LogP contribution is -2.16. The molecule has 3 aromatic rings. The average Bonchev–Trinajstić information content (AvgIpc) is 2.94. The molecular weight excluding hydrogens is 340 g/mol. The van der Waals surface area contributed by atoms with Gasteiger partial charge in [-0.1, -0.05) is 29.8 Å². The van der Waals surface area contributed by atoms with Crippen molar-refractivity contribution in [1.29, 1.82) is 0 Å². The summed E-state index contributed by atoms with van der Waals surface area (Å²) in [6, 6.07) is 15.5. The normalized spacial score (nSPS) is 11.4. The fourth-order valence-electron chi connectivity index (χ4n) is 2.03. The molecular formula is C18H15ClN4O2. The molecule has 0 spiro atoms. The Morgan fingerprint density at radius 1 is 1.04 bits per heavy atom. The van der Waals surface area contributed by atoms with Gasteiger partial charge in [0.15, 0.2) is 0 Å². The zero-order chi connectivity index (χ0) is 17.8. The van der Waals surface area contributed by atoms with Crippen molar-refractivity contribution >= 4 is 23.5 Å². The van der Waals surface area contributed by atoms with Gasteiger partial charge in [-0.2, -0.15) is 0 Å². The Kier molecular flexibility index (Phi) is 4.90. The summed E-state index contributed by atoms with van der Waals surface area (Å²) in [5.41, 5.74) is 2.52. The molecule has 0 radical (unpaired) electrons. The molecule has 25 heavy (non-hydrogen) atoms. The molecule has 0 aliphatic rings. The average molecular weight is 355 g/mol. The van der Waals surface area contributed by atoms with Gasteiger partial charge < -0.3 is 4.74 Å². The highest BCUT2D eigenvalue weighted by Crippen LogP contribution is 2.13. The molecule has 1 heterocycles. The summed E-state index contributed by atoms with van der Waals surface area (Å²) in [5.74, 6) is -0.401. The quantitative estimate of drug-likeness (QED) is 0.409. The van der Waals surface area contributed by atoms with Gasteiger partial charge in [0.05, 0.1) is 17.0 Å². The number of halogens is 1. The molecule has 7 heteroatoms. The molecule has 3 rings (SSSR count). The predicted octanol–water partition coefficient (Wildman–Crippen LogP) is 3.62. The molecule has 0 bridgehead atoms. The van der Waals surface area contributed by atoms with Gasteiger partial charge in [0.25, 0.3) is 0 Å². The summed E-state index contributed by atoms with van der Waals surface area (Å²) in [6.07, 6.45) is 0. The van der Waals surface area contributed by atoms with Crippen LogP contribution in [0.15, 0.2) is 59.7 Å². The third kappa shape index (κ3) is 3.92. The number of carbonyl (C=O) groups excluding carboxylic acids is 1. The van der Waals surface area contributed by atoms with E-state index in [1.54, 1.807) is 48.5 Å². The number of carbonyl (C=O) groups is 1. The number of benzene rings is 2. The van der Waals surface area contributed by atoms with Gasteiger partial charge in [-0.15, -0.1) is 15.0 Å². The minimum Gasteiger partial charge on any atom is -0.402 e. The molecule has 0 fully saturated rings. The summed E-state index contributed by atoms with van der Waals surface area (Å²) < 4.78 is 5.51. The second-order valence-corrected chi connectivity index (χ2v) is 5.75. The number of nitrogens with zero attached hydrogens (tertiary/aromatic N) is 4. The number of rotatable bonds is 3. The van der Waals surface area contributed by atoms with Crippen LogP contribution in [0.2, 0.25) is 5.02 Å². The van der Waals surface area contributed by atoms with Crippen molar-refractivity contribution in [2.45, 2.75) is 13.8 Å². The number of hydrogen-bond acceptors (Lipinski definition) is 5. The first-order chi connectivity index (χ1) is 12.0. The standard InChI is InChI=1S/C18H15ClN4O2/c1-12-13(2)23(22-20-12)21-17(14-8-10-16(19)11-9-14)25-18(24)15-6-4-3-5-7-15/h3-11H,1-2H3. The Morgan fingerprint density at radius 3 is 2.32 bits per heavy atom. The molecule has 0 aliphatic heterocycles. The first-order valence-electron chi connectivity index (χ1n) is 7.55. The maximum atomic E-state index is 12.4. The van der Waals surface area contributed by atoms with Crippen LogP contribution in [-0.2, 0) is 4.74 Å². The number of hydrogen-bond donors (Lipinski definition) is 0. The molecule has 0 amide bonds. The van der Waals surface area contributed by atoms with E-state index in [0.717, 1.165) is 11.4 Å². The lowest BCUT2D eigenvalue weighted by molar-refractivity contribution is 0.0716. The van der Waals surface area contributed by atoms with Crippen molar-refractivity contribution in [3.8, 4) is 0 Å². The molecule has 6 nitrogen and oxygen atoms in total. The van der Waals surface area contributed by atoms with Crippen LogP contribution in [0.1, 0.15) is 27.3 Å². The molecule has 0 aliphatic carbocycles. The smallest absolute Gasteiger partial charge is 0.344 e. The van der Waals surface area contributed by atoms with Crippen molar-refractivity contribution in [2.24, 2.45) is 5.10 Å². The van der Waals surface area contributed by atoms with Gasteiger partial charge in [0.2, 0.25) is 5.90 Å². The largest absolute Gasteiger partial charge is 0.402 e. The second kappa shape index (κ2) is 7.27. The lowest BCUT2D eigenvalue weighted by atomic mass is 10.2. The van der Waals surface area contributed by atoms with Crippen LogP contribution in [0, 0.1) is 13.8 Å². The first kappa shape index (κ1) is 16.9. The second-order valence-electron chi connectivity index (χ2n) is 5.32. The molecule has 1 aromatic heterocycles. The topological polar surface area (TPSA) is 69.4 Å². The van der Waals surface area contributed by atoms with E-state index in [2.05, 4.69) is 15.4 Å². The molecule has 0 saturated heterocycles. The van der Waals surface area contributed by atoms with Crippen LogP contribution < -0.4 is 0 Å². The number of aryl methyl sites for hydroxylation is 1. The summed E-state index contributed by atoms with van der Waals surface area (Å²) in [5, 5.41) is 12.8. The van der Waals surface area contributed by atoms with Crippen molar-refractivity contribution in [1.82, 2.24) is 15.1 Å². The Morgan fingerprint density at radius 2 is 1.72 bits per heavy atom. The van der Waals surface area contributed by atoms with Gasteiger partial charge in [0.1, 0.15) is 0 Å². The Hall–Kier alpha value is -2.99. The van der Waals surface area contributed by atoms with Gasteiger partial charge >= 0.3 is 5.97 Å². The van der Waals surface area contributed by atoms with Gasteiger partial charge in [0, 0.05) is 10.6 Å². The van der Waals surface area contributed by atoms with Crippen LogP contribution in [0.4, 0.5) is 0 Å². The zero-order valence-corrected chi connectivity index (χ0v) is 14.4. The van der Waals surface area contributed by atoms with E-state index >= 15 is 0 Å². The van der Waals surface area contributed by atoms with E-state index in [1.807, 2.05) is 19.9 Å². The fraction of sp³-hybridized carbons (Fsp3) is 0.111. The van der Waals surface area contributed by atoms with Crippen LogP contribution >= 0.6 is 11.6 Å². The Bertz CT molecular complexity index is 918. The van der Waals surface area contributed by atoms with Crippen molar-refractivity contribution in [3.63, 3.8) is 0 Å². The van der Waals surface area contributed by atoms with Gasteiger partial charge in [-0.25, -0.2) is 4.79 Å². The van der Waals surface area contributed by atoms with Crippen LogP contribution in [0.5, 0.6) is 0 Å². The summed E-state index contributed by atoms with van der Waals surface area (Å²) in [6.45, 7) is 3.66. The van der Waals surface area contributed by atoms with E-state index in [-0.39, 0.29) is 5.90 Å². The third-order valence-electron chi connectivity index (χ3n) is 3.58. The van der Waals surface area contributed by atoms with E-state index in [1.165, 1.54) is 4.79 Å². The van der Waals surface area contributed by atoms with Crippen molar-refractivity contribution < 1.29 is 9.53 Å². The third-order valence-corrected chi connectivity index (χ3v) is 3.83. The van der Waals surface area contributed by atoms with E-state index in [0.29, 0.717) is 16.1 Å². The molecule has 2 aromatic carbocycles. The molecule has 0 atom stereocenters. The van der Waals surface area contributed by atoms with Gasteiger partial charge in [-0.3, -0.25) is 0 Å². The number of aromatic nitrogens is 3. The monoisotopic (exact) mass is 354 g/mol. The molecule has 0 N–H and O–H groups in total. The molecule has 0 unspecified atom stereocenters. The highest BCUT2D eigenvalue weighted by atomic mass is 35.5. The number of ether oxygens (including phenoxy) is 1. The van der Waals surface area contributed by atoms with Gasteiger partial charge in [-0.05, 0) is 55.5 Å². The molecule has 0 saturated carbocycles. The highest BCUT2D eigenvalue weighted by molar-refractivity contribution is 6.30. The SMILES string of the molecule is Cc1nnn(N=C(OC(=O)c2ccccc2)c2ccc(Cl)cc2)c1C. The first-order valence-corrected chi connectivity index (χ1v) is 7.93. The molecule has 126 valence electrons. The Labute approximate surface area is 149 Å². The summed E-state index contributed by atoms with van der Waals surface area (Å²) >= 11 is 5.93. The van der Waals surface area contributed by atoms with E-state index in [4.69, 9.17) is 16.3 Å². The highest BCUT2D eigenvalue weighted by Gasteiger charge is 2.15. The minimum absolute atomic E-state index is 0.110. The van der Waals surface area contributed by atoms with Crippen LogP contribution in [0.25, 0.3) is 0 Å². The minimum atomic E-state index is -0.510. The van der Waals surface area contributed by atoms with E-state index in [9.17, 15) is 4.79 Å². The number of esters is 1. The maximum absolute atomic E-state index is 12.4.